The number of rotatable bonds is 5. The Morgan fingerprint density at radius 2 is 2.00 bits per heavy atom. The van der Waals surface area contributed by atoms with Crippen LogP contribution < -0.4 is 0 Å². The van der Waals surface area contributed by atoms with Gasteiger partial charge in [-0.1, -0.05) is 37.6 Å². The summed E-state index contributed by atoms with van der Waals surface area (Å²) in [5.41, 5.74) is 0.681. The third-order valence-electron chi connectivity index (χ3n) is 2.68. The monoisotopic (exact) mass is 262 g/mol. The van der Waals surface area contributed by atoms with E-state index in [0.29, 0.717) is 17.9 Å². The third-order valence-corrected chi connectivity index (χ3v) is 3.70. The van der Waals surface area contributed by atoms with E-state index in [-0.39, 0.29) is 16.2 Å². The predicted molar refractivity (Wildman–Crippen MR) is 68.8 cm³/mol. The van der Waals surface area contributed by atoms with Crippen LogP contribution in [0.4, 0.5) is 4.39 Å². The minimum atomic E-state index is -0.292. The zero-order valence-electron chi connectivity index (χ0n) is 9.64. The number of hydrogen-bond donors (Lipinski definition) is 0. The maximum atomic E-state index is 13.5. The van der Waals surface area contributed by atoms with Crippen LogP contribution in [0.25, 0.3) is 0 Å². The molecule has 16 heavy (non-hydrogen) atoms. The lowest BCUT2D eigenvalue weighted by Gasteiger charge is -2.12. The van der Waals surface area contributed by atoms with Gasteiger partial charge in [-0.2, -0.15) is 0 Å². The molecule has 0 bridgehead atoms. The first kappa shape index (κ1) is 13.8. The van der Waals surface area contributed by atoms with Gasteiger partial charge in [-0.3, -0.25) is 0 Å². The molecule has 0 aliphatic heterocycles. The molecule has 1 aromatic rings. The van der Waals surface area contributed by atoms with Crippen LogP contribution in [0, 0.1) is 11.7 Å². The number of alkyl halides is 1. The standard InChI is InChI=1S/C13H17Cl2F/c1-9(2)11(14)7-3-5-10-6-4-8-12(15)13(10)16/h4,6,8-9,11H,3,5,7H2,1-2H3. The second kappa shape index (κ2) is 6.46. The van der Waals surface area contributed by atoms with E-state index in [4.69, 9.17) is 23.2 Å². The number of hydrogen-bond acceptors (Lipinski definition) is 0. The Hall–Kier alpha value is -0.270. The molecule has 0 N–H and O–H groups in total. The molecule has 0 amide bonds. The van der Waals surface area contributed by atoms with Gasteiger partial charge >= 0.3 is 0 Å². The first-order valence-corrected chi connectivity index (χ1v) is 6.40. The third kappa shape index (κ3) is 3.95. The summed E-state index contributed by atoms with van der Waals surface area (Å²) < 4.78 is 13.5. The van der Waals surface area contributed by atoms with Gasteiger partial charge in [-0.25, -0.2) is 4.39 Å². The Bertz CT molecular complexity index is 337. The SMILES string of the molecule is CC(C)C(Cl)CCCc1cccc(Cl)c1F. The summed E-state index contributed by atoms with van der Waals surface area (Å²) in [5, 5.41) is 0.367. The molecule has 0 aliphatic carbocycles. The summed E-state index contributed by atoms with van der Waals surface area (Å²) in [5.74, 6) is 0.172. The van der Waals surface area contributed by atoms with E-state index >= 15 is 0 Å². The summed E-state index contributed by atoms with van der Waals surface area (Å²) in [7, 11) is 0. The van der Waals surface area contributed by atoms with Crippen molar-refractivity contribution >= 4 is 23.2 Å². The molecule has 0 saturated carbocycles. The van der Waals surface area contributed by atoms with Gasteiger partial charge in [0.15, 0.2) is 0 Å². The zero-order valence-corrected chi connectivity index (χ0v) is 11.2. The summed E-state index contributed by atoms with van der Waals surface area (Å²) >= 11 is 11.8. The average Bonchev–Trinajstić information content (AvgIpc) is 2.24. The van der Waals surface area contributed by atoms with E-state index < -0.39 is 0 Å². The van der Waals surface area contributed by atoms with Crippen molar-refractivity contribution in [3.8, 4) is 0 Å². The number of benzene rings is 1. The second-order valence-electron chi connectivity index (χ2n) is 4.37. The van der Waals surface area contributed by atoms with Crippen molar-refractivity contribution in [2.45, 2.75) is 38.5 Å². The van der Waals surface area contributed by atoms with E-state index in [1.54, 1.807) is 18.2 Å². The molecule has 1 atom stereocenters. The van der Waals surface area contributed by atoms with Crippen LogP contribution >= 0.6 is 23.2 Å². The highest BCUT2D eigenvalue weighted by molar-refractivity contribution is 6.30. The molecular formula is C13H17Cl2F. The van der Waals surface area contributed by atoms with Crippen molar-refractivity contribution in [1.82, 2.24) is 0 Å². The molecule has 0 heterocycles. The maximum absolute atomic E-state index is 13.5. The molecule has 0 aromatic heterocycles. The Labute approximate surface area is 107 Å². The van der Waals surface area contributed by atoms with Crippen molar-refractivity contribution < 1.29 is 4.39 Å². The van der Waals surface area contributed by atoms with E-state index in [1.807, 2.05) is 0 Å². The van der Waals surface area contributed by atoms with Crippen molar-refractivity contribution in [1.29, 1.82) is 0 Å². The van der Waals surface area contributed by atoms with E-state index in [1.165, 1.54) is 0 Å². The first-order valence-electron chi connectivity index (χ1n) is 5.59. The maximum Gasteiger partial charge on any atom is 0.144 e. The minimum absolute atomic E-state index is 0.169. The van der Waals surface area contributed by atoms with Crippen LogP contribution in [0.5, 0.6) is 0 Å². The molecule has 0 saturated heterocycles. The van der Waals surface area contributed by atoms with Gasteiger partial charge in [0.1, 0.15) is 5.82 Å². The van der Waals surface area contributed by atoms with Gasteiger partial charge in [-0.15, -0.1) is 11.6 Å². The van der Waals surface area contributed by atoms with Crippen LogP contribution in [0.1, 0.15) is 32.3 Å². The van der Waals surface area contributed by atoms with Crippen LogP contribution in [-0.4, -0.2) is 5.38 Å². The first-order chi connectivity index (χ1) is 7.52. The Morgan fingerprint density at radius 3 is 2.62 bits per heavy atom. The van der Waals surface area contributed by atoms with Crippen molar-refractivity contribution in [3.63, 3.8) is 0 Å². The summed E-state index contributed by atoms with van der Waals surface area (Å²) in [6, 6.07) is 5.13. The largest absolute Gasteiger partial charge is 0.205 e. The molecule has 0 radical (unpaired) electrons. The van der Waals surface area contributed by atoms with E-state index in [2.05, 4.69) is 13.8 Å². The Kier molecular flexibility index (Phi) is 5.57. The van der Waals surface area contributed by atoms with Crippen LogP contribution in [0.2, 0.25) is 5.02 Å². The van der Waals surface area contributed by atoms with Crippen LogP contribution in [-0.2, 0) is 6.42 Å². The lowest BCUT2D eigenvalue weighted by atomic mass is 10.0. The Balaban J connectivity index is 2.46. The normalized spacial score (nSPS) is 13.1. The van der Waals surface area contributed by atoms with Gasteiger partial charge in [0.25, 0.3) is 0 Å². The summed E-state index contributed by atoms with van der Waals surface area (Å²) in [4.78, 5) is 0. The molecule has 1 rings (SSSR count). The van der Waals surface area contributed by atoms with Crippen molar-refractivity contribution in [2.75, 3.05) is 0 Å². The fraction of sp³-hybridized carbons (Fsp3) is 0.538. The van der Waals surface area contributed by atoms with Gasteiger partial charge in [0.05, 0.1) is 5.02 Å². The molecular weight excluding hydrogens is 246 g/mol. The highest BCUT2D eigenvalue weighted by Gasteiger charge is 2.10. The molecule has 0 aliphatic rings. The molecule has 0 fully saturated rings. The van der Waals surface area contributed by atoms with E-state index in [9.17, 15) is 4.39 Å². The van der Waals surface area contributed by atoms with Gasteiger partial charge in [0.2, 0.25) is 0 Å². The average molecular weight is 263 g/mol. The molecule has 90 valence electrons. The van der Waals surface area contributed by atoms with Gasteiger partial charge in [0, 0.05) is 5.38 Å². The highest BCUT2D eigenvalue weighted by atomic mass is 35.5. The number of aryl methyl sites for hydroxylation is 1. The van der Waals surface area contributed by atoms with Gasteiger partial charge in [-0.05, 0) is 36.8 Å². The quantitative estimate of drug-likeness (QED) is 0.651. The fourth-order valence-electron chi connectivity index (χ4n) is 1.56. The fourth-order valence-corrected chi connectivity index (χ4v) is 1.91. The van der Waals surface area contributed by atoms with Crippen LogP contribution in [0.15, 0.2) is 18.2 Å². The second-order valence-corrected chi connectivity index (χ2v) is 5.33. The van der Waals surface area contributed by atoms with Gasteiger partial charge < -0.3 is 0 Å². The minimum Gasteiger partial charge on any atom is -0.205 e. The molecule has 1 unspecified atom stereocenters. The smallest absolute Gasteiger partial charge is 0.144 e. The Morgan fingerprint density at radius 1 is 1.31 bits per heavy atom. The summed E-state index contributed by atoms with van der Waals surface area (Å²) in [6.07, 6.45) is 2.50. The zero-order chi connectivity index (χ0) is 12.1. The van der Waals surface area contributed by atoms with E-state index in [0.717, 1.165) is 12.8 Å². The number of halogens is 3. The topological polar surface area (TPSA) is 0 Å². The molecule has 0 spiro atoms. The summed E-state index contributed by atoms with van der Waals surface area (Å²) in [6.45, 7) is 4.19. The van der Waals surface area contributed by atoms with Crippen molar-refractivity contribution in [3.05, 3.63) is 34.6 Å². The van der Waals surface area contributed by atoms with Crippen molar-refractivity contribution in [2.24, 2.45) is 5.92 Å². The highest BCUT2D eigenvalue weighted by Crippen LogP contribution is 2.21. The molecule has 3 heteroatoms. The molecule has 0 nitrogen and oxygen atoms in total. The lowest BCUT2D eigenvalue weighted by Crippen LogP contribution is -2.08. The predicted octanol–water partition coefficient (Wildman–Crippen LogP) is 5.07. The van der Waals surface area contributed by atoms with Crippen LogP contribution in [0.3, 0.4) is 0 Å². The lowest BCUT2D eigenvalue weighted by molar-refractivity contribution is 0.539. The molecule has 1 aromatic carbocycles.